The molecule has 3 N–H and O–H groups in total. The lowest BCUT2D eigenvalue weighted by Crippen LogP contribution is -2.39. The van der Waals surface area contributed by atoms with Gasteiger partial charge < -0.3 is 15.8 Å². The summed E-state index contributed by atoms with van der Waals surface area (Å²) in [7, 11) is 0. The number of carbonyl (C=O) groups is 1. The summed E-state index contributed by atoms with van der Waals surface area (Å²) in [6.07, 6.45) is 0.293. The van der Waals surface area contributed by atoms with Gasteiger partial charge in [-0.2, -0.15) is 0 Å². The zero-order valence-electron chi connectivity index (χ0n) is 11.3. The van der Waals surface area contributed by atoms with Crippen LogP contribution in [0.3, 0.4) is 0 Å². The van der Waals surface area contributed by atoms with Gasteiger partial charge in [-0.1, -0.05) is 28.4 Å². The Hall–Kier alpha value is -1.46. The highest BCUT2D eigenvalue weighted by Crippen LogP contribution is 2.23. The molecule has 20 heavy (non-hydrogen) atoms. The van der Waals surface area contributed by atoms with E-state index in [1.807, 2.05) is 13.8 Å². The first-order valence-corrected chi connectivity index (χ1v) is 6.84. The number of halogens is 2. The molecule has 0 spiro atoms. The van der Waals surface area contributed by atoms with Crippen LogP contribution in [0, 0.1) is 0 Å². The molecule has 1 aromatic rings. The molecule has 110 valence electrons. The number of oxime groups is 1. The van der Waals surface area contributed by atoms with E-state index in [0.29, 0.717) is 28.6 Å². The monoisotopic (exact) mass is 317 g/mol. The molecule has 0 saturated carbocycles. The number of carbonyl (C=O) groups excluding carboxylic acids is 1. The second-order valence-electron chi connectivity index (χ2n) is 4.56. The number of rotatable bonds is 5. The van der Waals surface area contributed by atoms with Crippen LogP contribution < -0.4 is 5.73 Å². The number of amidine groups is 1. The van der Waals surface area contributed by atoms with Crippen LogP contribution in [0.2, 0.25) is 10.0 Å². The number of nitrogens with zero attached hydrogens (tertiary/aromatic N) is 2. The molecule has 0 aliphatic rings. The molecule has 0 saturated heterocycles. The summed E-state index contributed by atoms with van der Waals surface area (Å²) in [5.74, 6) is -0.0955. The first-order valence-electron chi connectivity index (χ1n) is 6.09. The Morgan fingerprint density at radius 1 is 1.40 bits per heavy atom. The van der Waals surface area contributed by atoms with Crippen molar-refractivity contribution in [3.63, 3.8) is 0 Å². The van der Waals surface area contributed by atoms with Crippen LogP contribution >= 0.6 is 23.2 Å². The second-order valence-corrected chi connectivity index (χ2v) is 5.38. The number of hydrogen-bond donors (Lipinski definition) is 2. The fourth-order valence-corrected chi connectivity index (χ4v) is 1.97. The second kappa shape index (κ2) is 7.36. The summed E-state index contributed by atoms with van der Waals surface area (Å²) in [5.41, 5.74) is 5.88. The lowest BCUT2D eigenvalue weighted by molar-refractivity contribution is 0.0711. The van der Waals surface area contributed by atoms with Gasteiger partial charge in [0.15, 0.2) is 0 Å². The molecule has 0 unspecified atom stereocenters. The molecule has 0 heterocycles. The van der Waals surface area contributed by atoms with Crippen molar-refractivity contribution < 1.29 is 10.0 Å². The minimum absolute atomic E-state index is 0.0246. The van der Waals surface area contributed by atoms with Crippen molar-refractivity contribution in [3.05, 3.63) is 33.8 Å². The highest BCUT2D eigenvalue weighted by molar-refractivity contribution is 6.42. The van der Waals surface area contributed by atoms with E-state index < -0.39 is 0 Å². The SMILES string of the molecule is CC(C)N(CCC(N)=NO)C(=O)c1ccc(Cl)c(Cl)c1. The van der Waals surface area contributed by atoms with E-state index in [1.165, 1.54) is 6.07 Å². The van der Waals surface area contributed by atoms with Crippen LogP contribution in [-0.2, 0) is 0 Å². The Balaban J connectivity index is 2.90. The maximum Gasteiger partial charge on any atom is 0.254 e. The van der Waals surface area contributed by atoms with Crippen LogP contribution in [0.4, 0.5) is 0 Å². The third-order valence-corrected chi connectivity index (χ3v) is 3.53. The molecule has 0 atom stereocenters. The van der Waals surface area contributed by atoms with Crippen molar-refractivity contribution in [2.24, 2.45) is 10.9 Å². The molecule has 1 rings (SSSR count). The average molecular weight is 318 g/mol. The Morgan fingerprint density at radius 3 is 2.55 bits per heavy atom. The first kappa shape index (κ1) is 16.6. The van der Waals surface area contributed by atoms with E-state index in [9.17, 15) is 4.79 Å². The summed E-state index contributed by atoms with van der Waals surface area (Å²) in [6, 6.07) is 4.71. The fraction of sp³-hybridized carbons (Fsp3) is 0.385. The molecule has 0 bridgehead atoms. The normalized spacial score (nSPS) is 11.8. The maximum absolute atomic E-state index is 12.4. The minimum atomic E-state index is -0.177. The number of amides is 1. The van der Waals surface area contributed by atoms with Gasteiger partial charge in [0.25, 0.3) is 5.91 Å². The average Bonchev–Trinajstić information content (AvgIpc) is 2.41. The molecule has 7 heteroatoms. The van der Waals surface area contributed by atoms with Crippen molar-refractivity contribution in [2.75, 3.05) is 6.54 Å². The highest BCUT2D eigenvalue weighted by Gasteiger charge is 2.19. The number of benzene rings is 1. The Morgan fingerprint density at radius 2 is 2.05 bits per heavy atom. The maximum atomic E-state index is 12.4. The van der Waals surface area contributed by atoms with Crippen LogP contribution in [0.1, 0.15) is 30.6 Å². The largest absolute Gasteiger partial charge is 0.409 e. The zero-order chi connectivity index (χ0) is 15.3. The summed E-state index contributed by atoms with van der Waals surface area (Å²) < 4.78 is 0. The van der Waals surface area contributed by atoms with E-state index in [0.717, 1.165) is 0 Å². The van der Waals surface area contributed by atoms with Gasteiger partial charge >= 0.3 is 0 Å². The predicted molar refractivity (Wildman–Crippen MR) is 80.7 cm³/mol. The van der Waals surface area contributed by atoms with E-state index in [-0.39, 0.29) is 17.8 Å². The van der Waals surface area contributed by atoms with E-state index in [2.05, 4.69) is 5.16 Å². The van der Waals surface area contributed by atoms with Crippen LogP contribution in [0.15, 0.2) is 23.4 Å². The molecular weight excluding hydrogens is 301 g/mol. The molecule has 1 amide bonds. The molecular formula is C13H17Cl2N3O2. The van der Waals surface area contributed by atoms with Crippen LogP contribution in [0.25, 0.3) is 0 Å². The molecule has 5 nitrogen and oxygen atoms in total. The van der Waals surface area contributed by atoms with Gasteiger partial charge in [-0.3, -0.25) is 4.79 Å². The molecule has 0 aliphatic heterocycles. The van der Waals surface area contributed by atoms with E-state index in [4.69, 9.17) is 34.1 Å². The molecule has 1 aromatic carbocycles. The minimum Gasteiger partial charge on any atom is -0.409 e. The number of nitrogens with two attached hydrogens (primary N) is 1. The summed E-state index contributed by atoms with van der Waals surface area (Å²) in [5, 5.41) is 12.2. The van der Waals surface area contributed by atoms with Crippen molar-refractivity contribution in [1.29, 1.82) is 0 Å². The van der Waals surface area contributed by atoms with Crippen molar-refractivity contribution in [3.8, 4) is 0 Å². The fourth-order valence-electron chi connectivity index (χ4n) is 1.67. The van der Waals surface area contributed by atoms with Crippen molar-refractivity contribution in [1.82, 2.24) is 4.90 Å². The summed E-state index contributed by atoms with van der Waals surface area (Å²) >= 11 is 11.7. The third kappa shape index (κ3) is 4.28. The molecule has 0 aliphatic carbocycles. The lowest BCUT2D eigenvalue weighted by Gasteiger charge is -2.26. The Bertz CT molecular complexity index is 518. The Kier molecular flexibility index (Phi) is 6.10. The topological polar surface area (TPSA) is 78.9 Å². The summed E-state index contributed by atoms with van der Waals surface area (Å²) in [4.78, 5) is 14.1. The van der Waals surface area contributed by atoms with Crippen LogP contribution in [-0.4, -0.2) is 34.4 Å². The molecule has 0 fully saturated rings. The third-order valence-electron chi connectivity index (χ3n) is 2.79. The van der Waals surface area contributed by atoms with Crippen LogP contribution in [0.5, 0.6) is 0 Å². The van der Waals surface area contributed by atoms with E-state index >= 15 is 0 Å². The summed E-state index contributed by atoms with van der Waals surface area (Å²) in [6.45, 7) is 4.13. The quantitative estimate of drug-likeness (QED) is 0.379. The number of hydrogen-bond acceptors (Lipinski definition) is 3. The predicted octanol–water partition coefficient (Wildman–Crippen LogP) is 2.98. The standard InChI is InChI=1S/C13H17Cl2N3O2/c1-8(2)18(6-5-12(16)17-20)13(19)9-3-4-10(14)11(15)7-9/h3-4,7-8,20H,5-6H2,1-2H3,(H2,16,17). The van der Waals surface area contributed by atoms with Crippen molar-refractivity contribution in [2.45, 2.75) is 26.3 Å². The Labute approximate surface area is 127 Å². The van der Waals surface area contributed by atoms with Gasteiger partial charge in [-0.05, 0) is 32.0 Å². The van der Waals surface area contributed by atoms with Gasteiger partial charge in [0.1, 0.15) is 5.84 Å². The van der Waals surface area contributed by atoms with Gasteiger partial charge in [0.05, 0.1) is 10.0 Å². The first-order chi connectivity index (χ1) is 9.36. The van der Waals surface area contributed by atoms with Crippen molar-refractivity contribution >= 4 is 34.9 Å². The molecule has 0 aromatic heterocycles. The van der Waals surface area contributed by atoms with Gasteiger partial charge in [-0.15, -0.1) is 0 Å². The lowest BCUT2D eigenvalue weighted by atomic mass is 10.1. The van der Waals surface area contributed by atoms with E-state index in [1.54, 1.807) is 17.0 Å². The smallest absolute Gasteiger partial charge is 0.254 e. The molecule has 0 radical (unpaired) electrons. The highest BCUT2D eigenvalue weighted by atomic mass is 35.5. The van der Waals surface area contributed by atoms with Gasteiger partial charge in [0.2, 0.25) is 0 Å². The zero-order valence-corrected chi connectivity index (χ0v) is 12.8. The van der Waals surface area contributed by atoms with Gasteiger partial charge in [-0.25, -0.2) is 0 Å². The van der Waals surface area contributed by atoms with Gasteiger partial charge in [0, 0.05) is 24.6 Å².